The molecule has 0 fully saturated rings. The first kappa shape index (κ1) is 13.1. The first-order valence-electron chi connectivity index (χ1n) is 4.39. The molecule has 0 aromatic heterocycles. The van der Waals surface area contributed by atoms with E-state index in [1.165, 1.54) is 0 Å². The molecule has 1 aliphatic rings. The molecule has 0 aliphatic heterocycles. The SMILES string of the molecule is N[C@H](C1=CCC(C(F)(F)F)C=C1)C(F)(F)F. The third-order valence-electron chi connectivity index (χ3n) is 2.26. The summed E-state index contributed by atoms with van der Waals surface area (Å²) in [6.07, 6.45) is -7.18. The van der Waals surface area contributed by atoms with Gasteiger partial charge in [0, 0.05) is 0 Å². The Morgan fingerprint density at radius 1 is 1.19 bits per heavy atom. The van der Waals surface area contributed by atoms with E-state index in [0.717, 1.165) is 12.2 Å². The Balaban J connectivity index is 2.72. The van der Waals surface area contributed by atoms with Crippen LogP contribution in [0.4, 0.5) is 26.3 Å². The van der Waals surface area contributed by atoms with Gasteiger partial charge in [-0.15, -0.1) is 0 Å². The predicted molar refractivity (Wildman–Crippen MR) is 45.4 cm³/mol. The summed E-state index contributed by atoms with van der Waals surface area (Å²) >= 11 is 0. The summed E-state index contributed by atoms with van der Waals surface area (Å²) in [6, 6.07) is -2.22. The average molecular weight is 245 g/mol. The molecule has 1 aliphatic carbocycles. The molecule has 7 heteroatoms. The Morgan fingerprint density at radius 2 is 1.75 bits per heavy atom. The van der Waals surface area contributed by atoms with E-state index >= 15 is 0 Å². The molecule has 92 valence electrons. The van der Waals surface area contributed by atoms with E-state index in [-0.39, 0.29) is 5.57 Å². The second kappa shape index (κ2) is 4.12. The Kier molecular flexibility index (Phi) is 3.37. The zero-order chi connectivity index (χ0) is 12.6. The highest BCUT2D eigenvalue weighted by molar-refractivity contribution is 5.30. The second-order valence-corrected chi connectivity index (χ2v) is 3.47. The molecular formula is C9H9F6N. The van der Waals surface area contributed by atoms with Crippen molar-refractivity contribution in [2.75, 3.05) is 0 Å². The van der Waals surface area contributed by atoms with Crippen LogP contribution < -0.4 is 5.73 Å². The van der Waals surface area contributed by atoms with Crippen molar-refractivity contribution in [1.82, 2.24) is 0 Å². The van der Waals surface area contributed by atoms with Crippen LogP contribution in [0.15, 0.2) is 23.8 Å². The maximum Gasteiger partial charge on any atom is 0.407 e. The molecule has 0 radical (unpaired) electrons. The molecule has 2 N–H and O–H groups in total. The topological polar surface area (TPSA) is 26.0 Å². The minimum Gasteiger partial charge on any atom is -0.316 e. The molecule has 0 saturated heterocycles. The van der Waals surface area contributed by atoms with E-state index in [0.29, 0.717) is 6.08 Å². The van der Waals surface area contributed by atoms with Gasteiger partial charge in [-0.25, -0.2) is 0 Å². The van der Waals surface area contributed by atoms with E-state index in [9.17, 15) is 26.3 Å². The normalized spacial score (nSPS) is 24.2. The van der Waals surface area contributed by atoms with Crippen LogP contribution in [0.3, 0.4) is 0 Å². The van der Waals surface area contributed by atoms with Crippen LogP contribution in [0.1, 0.15) is 6.42 Å². The maximum atomic E-state index is 12.2. The van der Waals surface area contributed by atoms with Crippen molar-refractivity contribution >= 4 is 0 Å². The minimum atomic E-state index is -4.64. The van der Waals surface area contributed by atoms with Crippen molar-refractivity contribution < 1.29 is 26.3 Å². The third-order valence-corrected chi connectivity index (χ3v) is 2.26. The van der Waals surface area contributed by atoms with Crippen molar-refractivity contribution in [2.45, 2.75) is 24.8 Å². The molecule has 0 spiro atoms. The van der Waals surface area contributed by atoms with E-state index < -0.39 is 30.7 Å². The molecule has 0 heterocycles. The van der Waals surface area contributed by atoms with Crippen molar-refractivity contribution in [2.24, 2.45) is 11.7 Å². The predicted octanol–water partition coefficient (Wildman–Crippen LogP) is 2.94. The molecule has 16 heavy (non-hydrogen) atoms. The summed E-state index contributed by atoms with van der Waals surface area (Å²) < 4.78 is 72.9. The van der Waals surface area contributed by atoms with Crippen LogP contribution >= 0.6 is 0 Å². The molecule has 0 aromatic carbocycles. The number of hydrogen-bond donors (Lipinski definition) is 1. The van der Waals surface area contributed by atoms with Gasteiger partial charge in [-0.1, -0.05) is 18.2 Å². The fraction of sp³-hybridized carbons (Fsp3) is 0.556. The third kappa shape index (κ3) is 3.01. The molecular weight excluding hydrogens is 236 g/mol. The summed E-state index contributed by atoms with van der Waals surface area (Å²) in [5.41, 5.74) is 4.53. The highest BCUT2D eigenvalue weighted by atomic mass is 19.4. The molecule has 0 saturated carbocycles. The summed E-state index contributed by atoms with van der Waals surface area (Å²) in [5, 5.41) is 0. The van der Waals surface area contributed by atoms with Gasteiger partial charge in [0.25, 0.3) is 0 Å². The number of nitrogens with two attached hydrogens (primary N) is 1. The van der Waals surface area contributed by atoms with Gasteiger partial charge in [0.15, 0.2) is 0 Å². The van der Waals surface area contributed by atoms with E-state index in [2.05, 4.69) is 0 Å². The largest absolute Gasteiger partial charge is 0.407 e. The first-order chi connectivity index (χ1) is 7.12. The van der Waals surface area contributed by atoms with Gasteiger partial charge in [0.1, 0.15) is 6.04 Å². The van der Waals surface area contributed by atoms with Gasteiger partial charge in [-0.2, -0.15) is 26.3 Å². The maximum absolute atomic E-state index is 12.2. The lowest BCUT2D eigenvalue weighted by Gasteiger charge is -2.23. The van der Waals surface area contributed by atoms with Gasteiger partial charge in [-0.05, 0) is 12.0 Å². The van der Waals surface area contributed by atoms with Crippen molar-refractivity contribution in [3.63, 3.8) is 0 Å². The standard InChI is InChI=1S/C9H9F6N/c10-8(11,12)6-3-1-5(2-4-6)7(16)9(13,14)15/h1-3,6-7H,4,16H2/t6?,7-/m1/s1. The van der Waals surface area contributed by atoms with Gasteiger partial charge in [-0.3, -0.25) is 0 Å². The molecule has 0 amide bonds. The van der Waals surface area contributed by atoms with Crippen molar-refractivity contribution in [3.05, 3.63) is 23.8 Å². The van der Waals surface area contributed by atoms with Crippen LogP contribution in [0.2, 0.25) is 0 Å². The summed E-state index contributed by atoms with van der Waals surface area (Å²) in [6.45, 7) is 0. The Bertz CT molecular complexity index is 311. The summed E-state index contributed by atoms with van der Waals surface area (Å²) in [7, 11) is 0. The molecule has 2 atom stereocenters. The van der Waals surface area contributed by atoms with Crippen LogP contribution in [0.25, 0.3) is 0 Å². The molecule has 1 rings (SSSR count). The molecule has 0 aromatic rings. The number of hydrogen-bond acceptors (Lipinski definition) is 1. The Hall–Kier alpha value is -0.980. The Morgan fingerprint density at radius 3 is 2.06 bits per heavy atom. The van der Waals surface area contributed by atoms with E-state index in [1.807, 2.05) is 0 Å². The van der Waals surface area contributed by atoms with E-state index in [4.69, 9.17) is 5.73 Å². The fourth-order valence-corrected chi connectivity index (χ4v) is 1.30. The number of allylic oxidation sites excluding steroid dienone is 2. The quantitative estimate of drug-likeness (QED) is 0.706. The second-order valence-electron chi connectivity index (χ2n) is 3.47. The highest BCUT2D eigenvalue weighted by Gasteiger charge is 2.42. The summed E-state index contributed by atoms with van der Waals surface area (Å²) in [4.78, 5) is 0. The van der Waals surface area contributed by atoms with Crippen LogP contribution in [0, 0.1) is 5.92 Å². The highest BCUT2D eigenvalue weighted by Crippen LogP contribution is 2.35. The first-order valence-corrected chi connectivity index (χ1v) is 4.39. The van der Waals surface area contributed by atoms with E-state index in [1.54, 1.807) is 0 Å². The number of rotatable bonds is 1. The summed E-state index contributed by atoms with van der Waals surface area (Å²) in [5.74, 6) is -1.73. The van der Waals surface area contributed by atoms with Gasteiger partial charge in [0.05, 0.1) is 5.92 Å². The smallest absolute Gasteiger partial charge is 0.316 e. The fourth-order valence-electron chi connectivity index (χ4n) is 1.30. The van der Waals surface area contributed by atoms with Gasteiger partial charge >= 0.3 is 12.4 Å². The minimum absolute atomic E-state index is 0.326. The van der Waals surface area contributed by atoms with Crippen molar-refractivity contribution in [3.8, 4) is 0 Å². The molecule has 1 nitrogen and oxygen atoms in total. The number of halogens is 6. The van der Waals surface area contributed by atoms with Crippen LogP contribution in [0.5, 0.6) is 0 Å². The zero-order valence-electron chi connectivity index (χ0n) is 7.94. The van der Waals surface area contributed by atoms with Crippen molar-refractivity contribution in [1.29, 1.82) is 0 Å². The molecule has 1 unspecified atom stereocenters. The van der Waals surface area contributed by atoms with Gasteiger partial charge in [0.2, 0.25) is 0 Å². The average Bonchev–Trinajstić information content (AvgIpc) is 2.14. The number of alkyl halides is 6. The molecule has 0 bridgehead atoms. The Labute approximate surface area is 87.6 Å². The lowest BCUT2D eigenvalue weighted by Crippen LogP contribution is -2.39. The van der Waals surface area contributed by atoms with Crippen LogP contribution in [-0.4, -0.2) is 18.4 Å². The lowest BCUT2D eigenvalue weighted by molar-refractivity contribution is -0.160. The monoisotopic (exact) mass is 245 g/mol. The van der Waals surface area contributed by atoms with Crippen LogP contribution in [-0.2, 0) is 0 Å². The van der Waals surface area contributed by atoms with Gasteiger partial charge < -0.3 is 5.73 Å². The lowest BCUT2D eigenvalue weighted by atomic mass is 9.93. The zero-order valence-corrected chi connectivity index (χ0v) is 7.94.